The van der Waals surface area contributed by atoms with Crippen molar-refractivity contribution in [2.75, 3.05) is 32.8 Å². The minimum Gasteiger partial charge on any atom is -0.486 e. The van der Waals surface area contributed by atoms with Gasteiger partial charge in [0.1, 0.15) is 16.9 Å². The highest BCUT2D eigenvalue weighted by Crippen LogP contribution is 2.39. The van der Waals surface area contributed by atoms with Crippen molar-refractivity contribution in [2.24, 2.45) is 17.6 Å². The number of carbonyl (C=O) groups is 1. The number of fused-ring (bicyclic) bond motifs is 1. The lowest BCUT2D eigenvalue weighted by Crippen LogP contribution is -2.40. The zero-order chi connectivity index (χ0) is 17.8. The van der Waals surface area contributed by atoms with Gasteiger partial charge in [-0.15, -0.1) is 0 Å². The van der Waals surface area contributed by atoms with Gasteiger partial charge in [0.15, 0.2) is 11.5 Å². The number of ether oxygens (including phenoxy) is 2. The van der Waals surface area contributed by atoms with Crippen molar-refractivity contribution in [2.45, 2.75) is 32.6 Å². The van der Waals surface area contributed by atoms with Crippen LogP contribution >= 0.6 is 20.7 Å². The van der Waals surface area contributed by atoms with Crippen LogP contribution in [0.2, 0.25) is 0 Å². The third kappa shape index (κ3) is 4.19. The molecule has 0 bridgehead atoms. The SMILES string of the molecule is CCCCN1CCC(C(C(=O)O)C2=C3OCCOC3=C(N)I=C2)CC1. The molecule has 0 aromatic rings. The normalized spacial score (nSPS) is 23.4. The van der Waals surface area contributed by atoms with Gasteiger partial charge in [-0.05, 0) is 48.8 Å². The van der Waals surface area contributed by atoms with Crippen molar-refractivity contribution in [1.29, 1.82) is 0 Å². The van der Waals surface area contributed by atoms with Crippen LogP contribution in [0.4, 0.5) is 0 Å². The molecule has 6 nitrogen and oxygen atoms in total. The molecule has 0 saturated carbocycles. The Morgan fingerprint density at radius 1 is 1.36 bits per heavy atom. The van der Waals surface area contributed by atoms with E-state index in [9.17, 15) is 9.90 Å². The molecule has 140 valence electrons. The molecule has 3 N–H and O–H groups in total. The second-order valence-corrected chi connectivity index (χ2v) is 9.13. The van der Waals surface area contributed by atoms with E-state index in [2.05, 4.69) is 11.8 Å². The van der Waals surface area contributed by atoms with E-state index in [1.165, 1.54) is 12.8 Å². The number of aliphatic carboxylic acids is 1. The topological polar surface area (TPSA) is 85.0 Å². The quantitative estimate of drug-likeness (QED) is 0.466. The minimum atomic E-state index is -0.760. The summed E-state index contributed by atoms with van der Waals surface area (Å²) < 4.78 is 14.2. The van der Waals surface area contributed by atoms with Crippen LogP contribution in [0.1, 0.15) is 32.6 Å². The van der Waals surface area contributed by atoms with Gasteiger partial charge in [0.05, 0.1) is 5.92 Å². The molecule has 7 heteroatoms. The van der Waals surface area contributed by atoms with Gasteiger partial charge in [0, 0.05) is 5.57 Å². The number of rotatable bonds is 6. The molecule has 0 spiro atoms. The van der Waals surface area contributed by atoms with E-state index in [1.807, 2.05) is 4.01 Å². The number of nitrogens with two attached hydrogens (primary N) is 1. The number of carboxylic acid groups (broad SMARTS) is 1. The number of hydrogen-bond acceptors (Lipinski definition) is 5. The summed E-state index contributed by atoms with van der Waals surface area (Å²) in [7, 11) is 0. The third-order valence-electron chi connectivity index (χ3n) is 5.08. The first-order valence-electron chi connectivity index (χ1n) is 9.03. The molecule has 3 aliphatic rings. The zero-order valence-electron chi connectivity index (χ0n) is 14.7. The smallest absolute Gasteiger partial charge is 0.311 e. The lowest BCUT2D eigenvalue weighted by molar-refractivity contribution is -0.142. The molecule has 3 heterocycles. The van der Waals surface area contributed by atoms with E-state index < -0.39 is 32.6 Å². The van der Waals surface area contributed by atoms with E-state index >= 15 is 0 Å². The number of likely N-dealkylation sites (tertiary alicyclic amines) is 1. The number of halogens is 1. The Morgan fingerprint density at radius 2 is 2.04 bits per heavy atom. The first-order valence-corrected chi connectivity index (χ1v) is 11.4. The number of piperidine rings is 1. The van der Waals surface area contributed by atoms with Crippen molar-refractivity contribution in [3.63, 3.8) is 0 Å². The van der Waals surface area contributed by atoms with Gasteiger partial charge >= 0.3 is 5.97 Å². The summed E-state index contributed by atoms with van der Waals surface area (Å²) in [6, 6.07) is 0. The maximum Gasteiger partial charge on any atom is 0.311 e. The molecule has 0 aromatic carbocycles. The molecule has 1 atom stereocenters. The van der Waals surface area contributed by atoms with Crippen molar-refractivity contribution in [3.8, 4) is 0 Å². The Hall–Kier alpha value is -1.09. The van der Waals surface area contributed by atoms with Crippen LogP contribution < -0.4 is 5.73 Å². The van der Waals surface area contributed by atoms with Crippen LogP contribution in [0.3, 0.4) is 0 Å². The second-order valence-electron chi connectivity index (χ2n) is 6.73. The van der Waals surface area contributed by atoms with Crippen LogP contribution in [0.15, 0.2) is 20.8 Å². The Labute approximate surface area is 158 Å². The van der Waals surface area contributed by atoms with Gasteiger partial charge in [-0.25, -0.2) is 0 Å². The molecule has 0 aromatic heterocycles. The summed E-state index contributed by atoms with van der Waals surface area (Å²) >= 11 is -0.538. The Bertz CT molecular complexity index is 606. The van der Waals surface area contributed by atoms with Gasteiger partial charge in [0.25, 0.3) is 0 Å². The van der Waals surface area contributed by atoms with Crippen molar-refractivity contribution >= 4 is 30.7 Å². The van der Waals surface area contributed by atoms with E-state index in [0.717, 1.165) is 41.8 Å². The Kier molecular flexibility index (Phi) is 6.38. The maximum atomic E-state index is 12.1. The highest BCUT2D eigenvalue weighted by Gasteiger charge is 2.38. The predicted molar refractivity (Wildman–Crippen MR) is 105 cm³/mol. The molecule has 3 rings (SSSR count). The van der Waals surface area contributed by atoms with E-state index in [0.29, 0.717) is 24.7 Å². The summed E-state index contributed by atoms with van der Waals surface area (Å²) in [4.78, 5) is 14.6. The molecule has 0 aliphatic carbocycles. The fourth-order valence-corrected chi connectivity index (χ4v) is 5.74. The summed E-state index contributed by atoms with van der Waals surface area (Å²) in [5, 5.41) is 9.94. The average molecular weight is 462 g/mol. The van der Waals surface area contributed by atoms with Crippen molar-refractivity contribution in [3.05, 3.63) is 20.8 Å². The molecule has 0 radical (unpaired) electrons. The predicted octanol–water partition coefficient (Wildman–Crippen LogP) is 2.41. The van der Waals surface area contributed by atoms with Crippen molar-refractivity contribution < 1.29 is 19.4 Å². The first-order chi connectivity index (χ1) is 12.1. The number of carboxylic acids is 1. The van der Waals surface area contributed by atoms with E-state index in [1.54, 1.807) is 0 Å². The van der Waals surface area contributed by atoms with Gasteiger partial charge in [-0.2, -0.15) is 0 Å². The molecule has 3 aliphatic heterocycles. The van der Waals surface area contributed by atoms with Gasteiger partial charge < -0.3 is 25.2 Å². The molecule has 2 fully saturated rings. The molecule has 25 heavy (non-hydrogen) atoms. The molecule has 0 amide bonds. The first kappa shape index (κ1) is 18.7. The Balaban J connectivity index is 1.78. The van der Waals surface area contributed by atoms with Crippen LogP contribution in [0.25, 0.3) is 0 Å². The van der Waals surface area contributed by atoms with E-state index in [-0.39, 0.29) is 5.92 Å². The van der Waals surface area contributed by atoms with Gasteiger partial charge in [-0.1, -0.05) is 34.1 Å². The highest BCUT2D eigenvalue weighted by atomic mass is 127. The number of nitrogens with zero attached hydrogens (tertiary/aromatic N) is 1. The number of unbranched alkanes of at least 4 members (excludes halogenated alkanes) is 1. The zero-order valence-corrected chi connectivity index (χ0v) is 16.8. The van der Waals surface area contributed by atoms with Gasteiger partial charge in [0.2, 0.25) is 0 Å². The average Bonchev–Trinajstić information content (AvgIpc) is 2.63. The molecular formula is C18H27IN2O4. The lowest BCUT2D eigenvalue weighted by Gasteiger charge is -2.36. The molecular weight excluding hydrogens is 435 g/mol. The highest BCUT2D eigenvalue weighted by molar-refractivity contribution is 14.2. The summed E-state index contributed by atoms with van der Waals surface area (Å²) in [5.74, 6) is 0.0412. The summed E-state index contributed by atoms with van der Waals surface area (Å²) in [6.07, 6.45) is 4.23. The Morgan fingerprint density at radius 3 is 2.68 bits per heavy atom. The standard InChI is InChI=1S/C18H27IN2O4/c1-2-3-6-21-7-4-12(5-8-21)14(18(22)23)13-11-19-17(20)16-15(13)24-9-10-25-16/h11-12,14H,2-10,20H2,1H3,(H,22,23). The summed E-state index contributed by atoms with van der Waals surface area (Å²) in [5.41, 5.74) is 6.88. The summed E-state index contributed by atoms with van der Waals surface area (Å²) in [6.45, 7) is 6.20. The van der Waals surface area contributed by atoms with Crippen LogP contribution in [0, 0.1) is 11.8 Å². The number of hydrogen-bond donors (Lipinski definition) is 2. The fourth-order valence-electron chi connectivity index (χ4n) is 3.72. The third-order valence-corrected chi connectivity index (χ3v) is 7.23. The maximum absolute atomic E-state index is 12.1. The largest absolute Gasteiger partial charge is 0.486 e. The van der Waals surface area contributed by atoms with E-state index in [4.69, 9.17) is 15.2 Å². The van der Waals surface area contributed by atoms with Crippen molar-refractivity contribution in [1.82, 2.24) is 4.90 Å². The monoisotopic (exact) mass is 462 g/mol. The van der Waals surface area contributed by atoms with Crippen LogP contribution in [0.5, 0.6) is 0 Å². The lowest BCUT2D eigenvalue weighted by atomic mass is 9.79. The minimum absolute atomic E-state index is 0.143. The van der Waals surface area contributed by atoms with Crippen LogP contribution in [-0.2, 0) is 14.3 Å². The second kappa shape index (κ2) is 8.53. The molecule has 1 unspecified atom stereocenters. The molecule has 2 saturated heterocycles. The fraction of sp³-hybridized carbons (Fsp3) is 0.667. The van der Waals surface area contributed by atoms with Gasteiger partial charge in [-0.3, -0.25) is 4.79 Å². The van der Waals surface area contributed by atoms with Crippen LogP contribution in [-0.4, -0.2) is 52.8 Å².